The fraction of sp³-hybridized carbons (Fsp3) is 0.640. The molecule has 3 fully saturated rings. The van der Waals surface area contributed by atoms with E-state index in [2.05, 4.69) is 38.7 Å². The summed E-state index contributed by atoms with van der Waals surface area (Å²) in [7, 11) is -2.12. The number of aliphatic hydroxyl groups is 1. The van der Waals surface area contributed by atoms with Gasteiger partial charge in [-0.2, -0.15) is 13.2 Å². The van der Waals surface area contributed by atoms with Gasteiger partial charge in [-0.15, -0.1) is 0 Å². The first-order valence-electron chi connectivity index (χ1n) is 11.9. The number of anilines is 1. The molecule has 11 heteroatoms. The number of ether oxygens (including phenoxy) is 1. The van der Waals surface area contributed by atoms with Crippen LogP contribution in [-0.2, 0) is 24.9 Å². The summed E-state index contributed by atoms with van der Waals surface area (Å²) in [5.41, 5.74) is -4.58. The molecule has 4 rings (SSSR count). The fourth-order valence-corrected chi connectivity index (χ4v) is 6.61. The number of hydrogen-bond donors (Lipinski definition) is 1. The van der Waals surface area contributed by atoms with E-state index in [1.165, 1.54) is 6.07 Å². The van der Waals surface area contributed by atoms with Crippen LogP contribution in [0.4, 0.5) is 24.5 Å². The number of imide groups is 1. The molecule has 0 saturated carbocycles. The molecule has 1 aromatic carbocycles. The first-order valence-corrected chi connectivity index (χ1v) is 14.8. The van der Waals surface area contributed by atoms with Crippen LogP contribution in [0.5, 0.6) is 0 Å². The molecule has 2 amide bonds. The molecule has 2 bridgehead atoms. The van der Waals surface area contributed by atoms with E-state index in [0.717, 1.165) is 11.0 Å². The van der Waals surface area contributed by atoms with Crippen molar-refractivity contribution in [1.82, 2.24) is 0 Å². The number of hydrogen-bond acceptors (Lipinski definition) is 5. The minimum absolute atomic E-state index is 0.0446. The minimum Gasteiger partial charge on any atom is -0.417 e. The molecular formula is C25H31F3N2O5Si. The zero-order valence-electron chi connectivity index (χ0n) is 21.2. The highest BCUT2D eigenvalue weighted by Gasteiger charge is 2.77. The van der Waals surface area contributed by atoms with Crippen LogP contribution >= 0.6 is 0 Å². The Kier molecular flexibility index (Phi) is 6.04. The van der Waals surface area contributed by atoms with E-state index < -0.39 is 66.7 Å². The molecule has 7 nitrogen and oxygen atoms in total. The molecule has 0 aliphatic carbocycles. The Hall–Kier alpha value is -2.26. The molecule has 0 radical (unpaired) electrons. The third-order valence-corrected chi connectivity index (χ3v) is 13.1. The third-order valence-electron chi connectivity index (χ3n) is 8.57. The first-order chi connectivity index (χ1) is 16.4. The van der Waals surface area contributed by atoms with Gasteiger partial charge in [-0.1, -0.05) is 26.8 Å². The number of rotatable bonds is 5. The molecule has 0 spiro atoms. The topological polar surface area (TPSA) is 80.4 Å². The molecular weight excluding hydrogens is 493 g/mol. The monoisotopic (exact) mass is 524 g/mol. The largest absolute Gasteiger partial charge is 0.417 e. The number of carbonyl (C=O) groups is 2. The summed E-state index contributed by atoms with van der Waals surface area (Å²) < 4.78 is 53.2. The van der Waals surface area contributed by atoms with Gasteiger partial charge < -0.3 is 14.3 Å². The molecule has 196 valence electrons. The van der Waals surface area contributed by atoms with Crippen LogP contribution in [0.3, 0.4) is 0 Å². The van der Waals surface area contributed by atoms with Crippen LogP contribution in [0, 0.1) is 18.4 Å². The molecule has 0 aromatic heterocycles. The van der Waals surface area contributed by atoms with E-state index in [1.807, 2.05) is 0 Å². The molecule has 1 aromatic rings. The van der Waals surface area contributed by atoms with Gasteiger partial charge in [0.25, 0.3) is 0 Å². The molecule has 36 heavy (non-hydrogen) atoms. The number of nitrogens with zero attached hydrogens (tertiary/aromatic N) is 2. The zero-order valence-corrected chi connectivity index (χ0v) is 22.2. The van der Waals surface area contributed by atoms with E-state index in [-0.39, 0.29) is 30.2 Å². The lowest BCUT2D eigenvalue weighted by molar-refractivity contribution is -0.137. The summed E-state index contributed by atoms with van der Waals surface area (Å²) in [6.07, 6.45) is -5.45. The van der Waals surface area contributed by atoms with Crippen LogP contribution in [0.2, 0.25) is 18.1 Å². The number of amides is 2. The second kappa shape index (κ2) is 8.12. The number of aliphatic hydroxyl groups excluding tert-OH is 1. The smallest absolute Gasteiger partial charge is 0.407 e. The van der Waals surface area contributed by atoms with Gasteiger partial charge in [0.05, 0.1) is 35.7 Å². The van der Waals surface area contributed by atoms with Crippen molar-refractivity contribution in [3.8, 4) is 0 Å². The number of halogens is 3. The van der Waals surface area contributed by atoms with Gasteiger partial charge in [0, 0.05) is 18.7 Å². The maximum absolute atomic E-state index is 13.6. The van der Waals surface area contributed by atoms with Gasteiger partial charge >= 0.3 is 6.18 Å². The van der Waals surface area contributed by atoms with Gasteiger partial charge in [-0.25, -0.2) is 9.74 Å². The van der Waals surface area contributed by atoms with Crippen molar-refractivity contribution >= 4 is 31.5 Å². The molecule has 3 saturated heterocycles. The van der Waals surface area contributed by atoms with Crippen LogP contribution in [0.15, 0.2) is 18.2 Å². The van der Waals surface area contributed by atoms with Gasteiger partial charge in [-0.3, -0.25) is 9.59 Å². The van der Waals surface area contributed by atoms with E-state index in [9.17, 15) is 27.9 Å². The number of benzene rings is 1. The van der Waals surface area contributed by atoms with Crippen LogP contribution in [-0.4, -0.2) is 49.2 Å². The van der Waals surface area contributed by atoms with Gasteiger partial charge in [0.15, 0.2) is 14.0 Å². The number of alkyl halides is 3. The van der Waals surface area contributed by atoms with Crippen molar-refractivity contribution < 1.29 is 37.0 Å². The van der Waals surface area contributed by atoms with Gasteiger partial charge in [-0.05, 0) is 43.6 Å². The molecule has 3 aliphatic rings. The van der Waals surface area contributed by atoms with Crippen molar-refractivity contribution in [3.63, 3.8) is 0 Å². The lowest BCUT2D eigenvalue weighted by atomic mass is 9.66. The second-order valence-electron chi connectivity index (χ2n) is 11.7. The molecule has 2 unspecified atom stereocenters. The quantitative estimate of drug-likeness (QED) is 0.331. The van der Waals surface area contributed by atoms with Crippen molar-refractivity contribution in [2.45, 2.75) is 82.2 Å². The summed E-state index contributed by atoms with van der Waals surface area (Å²) >= 11 is 0. The molecule has 3 heterocycles. The highest BCUT2D eigenvalue weighted by molar-refractivity contribution is 6.74. The Balaban J connectivity index is 1.68. The summed E-state index contributed by atoms with van der Waals surface area (Å²) in [5.74, 6) is -3.34. The Morgan fingerprint density at radius 1 is 1.22 bits per heavy atom. The second-order valence-corrected chi connectivity index (χ2v) is 16.5. The average molecular weight is 525 g/mol. The highest BCUT2D eigenvalue weighted by Crippen LogP contribution is 2.62. The Morgan fingerprint density at radius 3 is 2.39 bits per heavy atom. The highest BCUT2D eigenvalue weighted by atomic mass is 28.4. The van der Waals surface area contributed by atoms with E-state index >= 15 is 0 Å². The standard InChI is InChI=1S/C25H31F3N2O5Si/c1-22(2,3)36(6,7)34-11-10-24-13-17(31)23(4,35-24)18-19(24)21(33)30(20(18)32)14-8-9-16(29-5)15(12-14)25(26,27)28/h8-9,12,17-19,31H,10-11,13H2,1-4,6-7H3/t17-,18-,19+,23?,24?/m1/s1. The first kappa shape index (κ1) is 26.8. The van der Waals surface area contributed by atoms with Gasteiger partial charge in [0.1, 0.15) is 5.60 Å². The summed E-state index contributed by atoms with van der Waals surface area (Å²) in [5, 5.41) is 10.8. The van der Waals surface area contributed by atoms with Crippen molar-refractivity contribution in [3.05, 3.63) is 35.2 Å². The lowest BCUT2D eigenvalue weighted by Gasteiger charge is -2.38. The van der Waals surface area contributed by atoms with E-state index in [0.29, 0.717) is 6.07 Å². The molecule has 3 aliphatic heterocycles. The predicted octanol–water partition coefficient (Wildman–Crippen LogP) is 5.07. The molecule has 5 atom stereocenters. The van der Waals surface area contributed by atoms with Gasteiger partial charge in [0.2, 0.25) is 11.8 Å². The summed E-state index contributed by atoms with van der Waals surface area (Å²) in [6, 6.07) is 2.80. The Labute approximate surface area is 209 Å². The van der Waals surface area contributed by atoms with Crippen LogP contribution < -0.4 is 4.90 Å². The number of carbonyl (C=O) groups excluding carboxylic acids is 2. The summed E-state index contributed by atoms with van der Waals surface area (Å²) in [6.45, 7) is 19.4. The lowest BCUT2D eigenvalue weighted by Crippen LogP contribution is -2.50. The predicted molar refractivity (Wildman–Crippen MR) is 128 cm³/mol. The van der Waals surface area contributed by atoms with Crippen LogP contribution in [0.1, 0.15) is 46.1 Å². The SMILES string of the molecule is [C-]#[N+]c1ccc(N2C(=O)[C@@H]3[C@H](C2=O)C2(C)OC3(CCO[Si](C)(C)C(C)(C)C)C[C@H]2O)cc1C(F)(F)F. The maximum atomic E-state index is 13.6. The maximum Gasteiger partial charge on any atom is 0.407 e. The Bertz CT molecular complexity index is 1160. The fourth-order valence-electron chi connectivity index (χ4n) is 5.56. The third kappa shape index (κ3) is 3.81. The molecule has 1 N–H and O–H groups in total. The zero-order chi connectivity index (χ0) is 27.1. The average Bonchev–Trinajstić information content (AvgIpc) is 3.27. The number of fused-ring (bicyclic) bond motifs is 5. The van der Waals surface area contributed by atoms with E-state index in [1.54, 1.807) is 6.92 Å². The Morgan fingerprint density at radius 2 is 1.83 bits per heavy atom. The minimum atomic E-state index is -4.83. The van der Waals surface area contributed by atoms with Crippen molar-refractivity contribution in [1.29, 1.82) is 0 Å². The van der Waals surface area contributed by atoms with Crippen molar-refractivity contribution in [2.75, 3.05) is 11.5 Å². The van der Waals surface area contributed by atoms with E-state index in [4.69, 9.17) is 15.7 Å². The normalized spacial score (nSPS) is 32.2. The van der Waals surface area contributed by atoms with Crippen molar-refractivity contribution in [2.24, 2.45) is 11.8 Å². The van der Waals surface area contributed by atoms with Crippen LogP contribution in [0.25, 0.3) is 4.85 Å². The summed E-state index contributed by atoms with van der Waals surface area (Å²) in [4.78, 5) is 30.8.